The van der Waals surface area contributed by atoms with Crippen LogP contribution in [0.15, 0.2) is 23.1 Å². The molecule has 4 nitrogen and oxygen atoms in total. The number of piperidine rings is 1. The van der Waals surface area contributed by atoms with Crippen LogP contribution in [0.2, 0.25) is 0 Å². The Morgan fingerprint density at radius 1 is 1.19 bits per heavy atom. The Labute approximate surface area is 127 Å². The molecule has 2 unspecified atom stereocenters. The average molecular weight is 311 g/mol. The molecule has 118 valence electrons. The summed E-state index contributed by atoms with van der Waals surface area (Å²) >= 11 is 0. The van der Waals surface area contributed by atoms with E-state index in [9.17, 15) is 13.5 Å². The minimum absolute atomic E-state index is 0.126. The van der Waals surface area contributed by atoms with Crippen molar-refractivity contribution in [2.75, 3.05) is 13.1 Å². The van der Waals surface area contributed by atoms with Gasteiger partial charge in [-0.3, -0.25) is 0 Å². The van der Waals surface area contributed by atoms with Gasteiger partial charge in [0, 0.05) is 13.1 Å². The van der Waals surface area contributed by atoms with Gasteiger partial charge in [-0.15, -0.1) is 0 Å². The monoisotopic (exact) mass is 311 g/mol. The Hall–Kier alpha value is -0.910. The second-order valence-corrected chi connectivity index (χ2v) is 8.15. The fourth-order valence-corrected chi connectivity index (χ4v) is 4.94. The van der Waals surface area contributed by atoms with Crippen molar-refractivity contribution >= 4 is 10.0 Å². The third-order valence-electron chi connectivity index (χ3n) is 4.20. The first-order valence-electron chi connectivity index (χ1n) is 7.61. The van der Waals surface area contributed by atoms with Crippen molar-refractivity contribution in [3.05, 3.63) is 29.3 Å². The molecule has 0 bridgehead atoms. The zero-order valence-corrected chi connectivity index (χ0v) is 13.9. The lowest BCUT2D eigenvalue weighted by Gasteiger charge is -2.34. The second kappa shape index (κ2) is 6.46. The molecule has 2 atom stereocenters. The third kappa shape index (κ3) is 3.47. The SMILES string of the molecule is CCc1ccc(S(=O)(=O)N2CC(C)CC(C)C2)cc1CO. The number of nitrogens with zero attached hydrogens (tertiary/aromatic N) is 1. The van der Waals surface area contributed by atoms with Gasteiger partial charge >= 0.3 is 0 Å². The molecular weight excluding hydrogens is 286 g/mol. The molecule has 0 amide bonds. The number of aryl methyl sites for hydroxylation is 1. The predicted molar refractivity (Wildman–Crippen MR) is 83.4 cm³/mol. The third-order valence-corrected chi connectivity index (χ3v) is 6.03. The van der Waals surface area contributed by atoms with Crippen LogP contribution in [-0.4, -0.2) is 30.9 Å². The van der Waals surface area contributed by atoms with Gasteiger partial charge in [-0.2, -0.15) is 4.31 Å². The number of hydrogen-bond donors (Lipinski definition) is 1. The van der Waals surface area contributed by atoms with Crippen molar-refractivity contribution in [1.82, 2.24) is 4.31 Å². The van der Waals surface area contributed by atoms with Crippen LogP contribution in [-0.2, 0) is 23.1 Å². The van der Waals surface area contributed by atoms with Crippen molar-refractivity contribution in [1.29, 1.82) is 0 Å². The van der Waals surface area contributed by atoms with E-state index in [1.165, 1.54) is 0 Å². The number of sulfonamides is 1. The standard InChI is InChI=1S/C16H25NO3S/c1-4-14-5-6-16(8-15(14)11-18)21(19,20)17-9-12(2)7-13(3)10-17/h5-6,8,12-13,18H,4,7,9-11H2,1-3H3. The van der Waals surface area contributed by atoms with Crippen molar-refractivity contribution in [3.63, 3.8) is 0 Å². The Kier molecular flexibility index (Phi) is 5.07. The molecule has 1 aromatic carbocycles. The van der Waals surface area contributed by atoms with Crippen LogP contribution in [0.3, 0.4) is 0 Å². The summed E-state index contributed by atoms with van der Waals surface area (Å²) in [5.41, 5.74) is 1.70. The lowest BCUT2D eigenvalue weighted by Crippen LogP contribution is -2.42. The molecule has 1 N–H and O–H groups in total. The van der Waals surface area contributed by atoms with E-state index in [1.807, 2.05) is 13.0 Å². The van der Waals surface area contributed by atoms with E-state index < -0.39 is 10.0 Å². The number of rotatable bonds is 4. The van der Waals surface area contributed by atoms with Gasteiger partial charge in [-0.1, -0.05) is 26.8 Å². The van der Waals surface area contributed by atoms with Crippen LogP contribution in [0.4, 0.5) is 0 Å². The highest BCUT2D eigenvalue weighted by molar-refractivity contribution is 7.89. The molecule has 5 heteroatoms. The number of benzene rings is 1. The van der Waals surface area contributed by atoms with Gasteiger partial charge in [0.05, 0.1) is 11.5 Å². The first-order chi connectivity index (χ1) is 9.88. The minimum atomic E-state index is -3.46. The maximum absolute atomic E-state index is 12.8. The quantitative estimate of drug-likeness (QED) is 0.929. The summed E-state index contributed by atoms with van der Waals surface area (Å²) in [5, 5.41) is 9.43. The van der Waals surface area contributed by atoms with Crippen LogP contribution < -0.4 is 0 Å². The maximum Gasteiger partial charge on any atom is 0.243 e. The van der Waals surface area contributed by atoms with E-state index in [1.54, 1.807) is 16.4 Å². The topological polar surface area (TPSA) is 57.6 Å². The zero-order valence-electron chi connectivity index (χ0n) is 13.0. The molecule has 21 heavy (non-hydrogen) atoms. The molecule has 1 heterocycles. The summed E-state index contributed by atoms with van der Waals surface area (Å²) in [4.78, 5) is 0.296. The highest BCUT2D eigenvalue weighted by atomic mass is 32.2. The zero-order chi connectivity index (χ0) is 15.6. The molecule has 0 aliphatic carbocycles. The Balaban J connectivity index is 2.35. The maximum atomic E-state index is 12.8. The van der Waals surface area contributed by atoms with Crippen molar-refractivity contribution < 1.29 is 13.5 Å². The molecule has 0 spiro atoms. The van der Waals surface area contributed by atoms with E-state index in [0.29, 0.717) is 35.4 Å². The summed E-state index contributed by atoms with van der Waals surface area (Å²) in [6.45, 7) is 7.22. The summed E-state index contributed by atoms with van der Waals surface area (Å²) in [7, 11) is -3.46. The van der Waals surface area contributed by atoms with E-state index >= 15 is 0 Å². The summed E-state index contributed by atoms with van der Waals surface area (Å²) in [6.07, 6.45) is 1.86. The average Bonchev–Trinajstić information content (AvgIpc) is 2.45. The Morgan fingerprint density at radius 2 is 1.81 bits per heavy atom. The Bertz CT molecular complexity index is 588. The predicted octanol–water partition coefficient (Wildman–Crippen LogP) is 2.41. The normalized spacial score (nSPS) is 24.2. The van der Waals surface area contributed by atoms with Crippen molar-refractivity contribution in [2.24, 2.45) is 11.8 Å². The molecule has 1 saturated heterocycles. The number of hydrogen-bond acceptors (Lipinski definition) is 3. The summed E-state index contributed by atoms with van der Waals surface area (Å²) in [5.74, 6) is 0.770. The smallest absolute Gasteiger partial charge is 0.243 e. The van der Waals surface area contributed by atoms with Crippen molar-refractivity contribution in [3.8, 4) is 0 Å². The van der Waals surface area contributed by atoms with Crippen molar-refractivity contribution in [2.45, 2.75) is 45.1 Å². The fraction of sp³-hybridized carbons (Fsp3) is 0.625. The molecule has 2 rings (SSSR count). The lowest BCUT2D eigenvalue weighted by atomic mass is 9.94. The molecule has 0 radical (unpaired) electrons. The highest BCUT2D eigenvalue weighted by Gasteiger charge is 2.31. The van der Waals surface area contributed by atoms with Gasteiger partial charge < -0.3 is 5.11 Å². The van der Waals surface area contributed by atoms with E-state index in [-0.39, 0.29) is 6.61 Å². The summed E-state index contributed by atoms with van der Waals surface area (Å²) < 4.78 is 27.2. The van der Waals surface area contributed by atoms with E-state index in [4.69, 9.17) is 0 Å². The first-order valence-corrected chi connectivity index (χ1v) is 9.05. The molecular formula is C16H25NO3S. The van der Waals surface area contributed by atoms with Crippen LogP contribution in [0, 0.1) is 11.8 Å². The molecule has 0 aromatic heterocycles. The van der Waals surface area contributed by atoms with E-state index in [2.05, 4.69) is 13.8 Å². The molecule has 1 aliphatic heterocycles. The second-order valence-electron chi connectivity index (χ2n) is 6.21. The van der Waals surface area contributed by atoms with Gasteiger partial charge in [0.1, 0.15) is 0 Å². The fourth-order valence-electron chi connectivity index (χ4n) is 3.21. The largest absolute Gasteiger partial charge is 0.392 e. The molecule has 0 saturated carbocycles. The van der Waals surface area contributed by atoms with Crippen LogP contribution in [0.1, 0.15) is 38.3 Å². The molecule has 1 fully saturated rings. The number of aliphatic hydroxyl groups excluding tert-OH is 1. The van der Waals surface area contributed by atoms with Gasteiger partial charge in [-0.25, -0.2) is 8.42 Å². The van der Waals surface area contributed by atoms with Gasteiger partial charge in [0.2, 0.25) is 10.0 Å². The number of aliphatic hydroxyl groups is 1. The van der Waals surface area contributed by atoms with Gasteiger partial charge in [0.25, 0.3) is 0 Å². The van der Waals surface area contributed by atoms with Gasteiger partial charge in [0.15, 0.2) is 0 Å². The van der Waals surface area contributed by atoms with E-state index in [0.717, 1.165) is 18.4 Å². The minimum Gasteiger partial charge on any atom is -0.392 e. The first kappa shape index (κ1) is 16.5. The van der Waals surface area contributed by atoms with Crippen LogP contribution in [0.25, 0.3) is 0 Å². The van der Waals surface area contributed by atoms with Gasteiger partial charge in [-0.05, 0) is 47.9 Å². The van der Waals surface area contributed by atoms with Crippen LogP contribution >= 0.6 is 0 Å². The molecule has 1 aliphatic rings. The molecule has 1 aromatic rings. The summed E-state index contributed by atoms with van der Waals surface area (Å²) in [6, 6.07) is 5.10. The van der Waals surface area contributed by atoms with Crippen LogP contribution in [0.5, 0.6) is 0 Å². The Morgan fingerprint density at radius 3 is 2.33 bits per heavy atom. The highest BCUT2D eigenvalue weighted by Crippen LogP contribution is 2.27. The lowest BCUT2D eigenvalue weighted by molar-refractivity contribution is 0.222.